The third kappa shape index (κ3) is 2.16. The summed E-state index contributed by atoms with van der Waals surface area (Å²) in [4.78, 5) is 7.25. The number of nitrogen functional groups attached to an aromatic ring is 1. The fraction of sp³-hybridized carbons (Fsp3) is 0.0833. The number of anilines is 1. The van der Waals surface area contributed by atoms with Crippen molar-refractivity contribution in [2.75, 3.05) is 5.73 Å². The van der Waals surface area contributed by atoms with E-state index in [1.54, 1.807) is 0 Å². The lowest BCUT2D eigenvalue weighted by atomic mass is 10.2. The molecule has 2 N–H and O–H groups in total. The minimum atomic E-state index is -2.85. The van der Waals surface area contributed by atoms with Crippen molar-refractivity contribution in [3.05, 3.63) is 41.7 Å². The number of fused-ring (bicyclic) bond motifs is 1. The first-order valence-corrected chi connectivity index (χ1v) is 5.71. The molecule has 0 atom stereocenters. The Morgan fingerprint density at radius 1 is 1.05 bits per heavy atom. The summed E-state index contributed by atoms with van der Waals surface area (Å²) >= 11 is 0. The number of nitrogens with zero attached hydrogens (tertiary/aromatic N) is 4. The molecule has 0 aliphatic carbocycles. The van der Waals surface area contributed by atoms with Crippen LogP contribution in [0.3, 0.4) is 0 Å². The van der Waals surface area contributed by atoms with E-state index in [0.29, 0.717) is 6.07 Å². The van der Waals surface area contributed by atoms with Crippen LogP contribution in [0, 0.1) is 11.6 Å². The minimum Gasteiger partial charge on any atom is -0.367 e. The van der Waals surface area contributed by atoms with Gasteiger partial charge in [0.2, 0.25) is 5.95 Å². The van der Waals surface area contributed by atoms with Crippen molar-refractivity contribution in [3.63, 3.8) is 0 Å². The van der Waals surface area contributed by atoms with Crippen LogP contribution in [0.25, 0.3) is 16.9 Å². The third-order valence-electron chi connectivity index (χ3n) is 2.84. The van der Waals surface area contributed by atoms with Crippen LogP contribution >= 0.6 is 0 Å². The van der Waals surface area contributed by atoms with Crippen molar-refractivity contribution in [1.29, 1.82) is 0 Å². The number of hydrogen-bond donors (Lipinski definition) is 1. The molecule has 0 aliphatic heterocycles. The molecule has 5 nitrogen and oxygen atoms in total. The van der Waals surface area contributed by atoms with Gasteiger partial charge in [-0.25, -0.2) is 27.1 Å². The van der Waals surface area contributed by atoms with Crippen molar-refractivity contribution in [1.82, 2.24) is 19.6 Å². The van der Waals surface area contributed by atoms with Crippen LogP contribution in [0.4, 0.5) is 23.5 Å². The molecule has 3 rings (SSSR count). The van der Waals surface area contributed by atoms with Gasteiger partial charge in [0.25, 0.3) is 6.43 Å². The fourth-order valence-electron chi connectivity index (χ4n) is 1.89. The second kappa shape index (κ2) is 4.69. The van der Waals surface area contributed by atoms with Crippen LogP contribution in [0.15, 0.2) is 24.5 Å². The van der Waals surface area contributed by atoms with Crippen LogP contribution in [-0.4, -0.2) is 19.6 Å². The lowest BCUT2D eigenvalue weighted by molar-refractivity contribution is 0.150. The zero-order valence-electron chi connectivity index (χ0n) is 10.3. The highest BCUT2D eigenvalue weighted by atomic mass is 19.3. The number of aromatic nitrogens is 4. The quantitative estimate of drug-likeness (QED) is 0.738. The first kappa shape index (κ1) is 13.3. The van der Waals surface area contributed by atoms with Gasteiger partial charge in [-0.15, -0.1) is 5.10 Å². The van der Waals surface area contributed by atoms with E-state index in [2.05, 4.69) is 15.1 Å². The van der Waals surface area contributed by atoms with Gasteiger partial charge in [-0.3, -0.25) is 4.98 Å². The fourth-order valence-corrected chi connectivity index (χ4v) is 1.89. The average Bonchev–Trinajstić information content (AvgIpc) is 2.75. The topological polar surface area (TPSA) is 69.1 Å². The van der Waals surface area contributed by atoms with E-state index in [-0.39, 0.29) is 22.9 Å². The van der Waals surface area contributed by atoms with E-state index >= 15 is 0 Å². The highest BCUT2D eigenvalue weighted by Crippen LogP contribution is 2.27. The minimum absolute atomic E-state index is 0.0293. The largest absolute Gasteiger partial charge is 0.367 e. The molecule has 0 aliphatic rings. The normalized spacial score (nSPS) is 11.5. The number of rotatable bonds is 2. The van der Waals surface area contributed by atoms with E-state index in [1.807, 2.05) is 0 Å². The first-order valence-electron chi connectivity index (χ1n) is 5.71. The molecule has 0 saturated heterocycles. The SMILES string of the molecule is Nc1ncc2c(F)cc(-c3ncc(C(F)F)cc3F)n2n1. The molecule has 3 aromatic heterocycles. The van der Waals surface area contributed by atoms with Crippen LogP contribution < -0.4 is 5.73 Å². The van der Waals surface area contributed by atoms with Gasteiger partial charge in [-0.2, -0.15) is 0 Å². The summed E-state index contributed by atoms with van der Waals surface area (Å²) in [5.74, 6) is -1.86. The Kier molecular flexibility index (Phi) is 2.96. The van der Waals surface area contributed by atoms with E-state index < -0.39 is 23.6 Å². The van der Waals surface area contributed by atoms with Gasteiger partial charge in [0.15, 0.2) is 11.6 Å². The summed E-state index contributed by atoms with van der Waals surface area (Å²) in [6, 6.07) is 1.63. The van der Waals surface area contributed by atoms with Crippen molar-refractivity contribution in [3.8, 4) is 11.4 Å². The number of pyridine rings is 1. The molecule has 21 heavy (non-hydrogen) atoms. The molecule has 3 aromatic rings. The predicted octanol–water partition coefficient (Wildman–Crippen LogP) is 2.59. The Labute approximate surface area is 115 Å². The Hall–Kier alpha value is -2.71. The van der Waals surface area contributed by atoms with Gasteiger partial charge in [0.05, 0.1) is 11.9 Å². The van der Waals surface area contributed by atoms with E-state index in [4.69, 9.17) is 5.73 Å². The lowest BCUT2D eigenvalue weighted by Crippen LogP contribution is -2.03. The molecule has 108 valence electrons. The van der Waals surface area contributed by atoms with E-state index in [0.717, 1.165) is 23.0 Å². The second-order valence-corrected chi connectivity index (χ2v) is 4.19. The van der Waals surface area contributed by atoms with Crippen molar-refractivity contribution >= 4 is 11.5 Å². The molecule has 0 saturated carbocycles. The third-order valence-corrected chi connectivity index (χ3v) is 2.84. The molecular weight excluding hydrogens is 290 g/mol. The summed E-state index contributed by atoms with van der Waals surface area (Å²) in [6.07, 6.45) is -0.892. The second-order valence-electron chi connectivity index (χ2n) is 4.19. The molecule has 0 fully saturated rings. The van der Waals surface area contributed by atoms with Gasteiger partial charge in [0.1, 0.15) is 11.2 Å². The predicted molar refractivity (Wildman–Crippen MR) is 65.5 cm³/mol. The van der Waals surface area contributed by atoms with Crippen LogP contribution in [-0.2, 0) is 0 Å². The van der Waals surface area contributed by atoms with E-state index in [1.165, 1.54) is 0 Å². The maximum absolute atomic E-state index is 13.9. The first-order chi connectivity index (χ1) is 9.97. The molecule has 3 heterocycles. The standard InChI is InChI=1S/C12H7F4N5/c13-6-2-8(21-9(6)4-19-12(17)20-21)10-7(14)1-5(3-18-10)11(15)16/h1-4,11H,(H2,17,20). The van der Waals surface area contributed by atoms with Gasteiger partial charge in [-0.05, 0) is 6.07 Å². The molecule has 0 bridgehead atoms. The van der Waals surface area contributed by atoms with Gasteiger partial charge < -0.3 is 5.73 Å². The number of hydrogen-bond acceptors (Lipinski definition) is 4. The molecule has 0 radical (unpaired) electrons. The summed E-state index contributed by atoms with van der Waals surface area (Å²) in [6.45, 7) is 0. The van der Waals surface area contributed by atoms with Crippen molar-refractivity contribution < 1.29 is 17.6 Å². The van der Waals surface area contributed by atoms with Crippen LogP contribution in [0.1, 0.15) is 12.0 Å². The molecule has 0 aromatic carbocycles. The van der Waals surface area contributed by atoms with Gasteiger partial charge in [0, 0.05) is 17.8 Å². The number of alkyl halides is 2. The Balaban J connectivity index is 2.23. The van der Waals surface area contributed by atoms with Crippen LogP contribution in [0.5, 0.6) is 0 Å². The molecule has 0 spiro atoms. The summed E-state index contributed by atoms with van der Waals surface area (Å²) in [5.41, 5.74) is 4.46. The molecular formula is C12H7F4N5. The maximum Gasteiger partial charge on any atom is 0.265 e. The van der Waals surface area contributed by atoms with E-state index in [9.17, 15) is 17.6 Å². The summed E-state index contributed by atoms with van der Waals surface area (Å²) < 4.78 is 53.7. The average molecular weight is 297 g/mol. The van der Waals surface area contributed by atoms with Crippen LogP contribution in [0.2, 0.25) is 0 Å². The maximum atomic E-state index is 13.9. The number of nitrogens with two attached hydrogens (primary N) is 1. The molecule has 9 heteroatoms. The lowest BCUT2D eigenvalue weighted by Gasteiger charge is -2.05. The van der Waals surface area contributed by atoms with Crippen molar-refractivity contribution in [2.45, 2.75) is 6.43 Å². The highest BCUT2D eigenvalue weighted by molar-refractivity contribution is 5.64. The van der Waals surface area contributed by atoms with Gasteiger partial charge >= 0.3 is 0 Å². The number of halogens is 4. The monoisotopic (exact) mass is 297 g/mol. The molecule has 0 amide bonds. The van der Waals surface area contributed by atoms with Crippen molar-refractivity contribution in [2.24, 2.45) is 0 Å². The zero-order chi connectivity index (χ0) is 15.1. The summed E-state index contributed by atoms with van der Waals surface area (Å²) in [5, 5.41) is 3.76. The Morgan fingerprint density at radius 2 is 1.81 bits per heavy atom. The summed E-state index contributed by atoms with van der Waals surface area (Å²) in [7, 11) is 0. The Bertz CT molecular complexity index is 830. The Morgan fingerprint density at radius 3 is 2.48 bits per heavy atom. The highest BCUT2D eigenvalue weighted by Gasteiger charge is 2.19. The smallest absolute Gasteiger partial charge is 0.265 e. The molecule has 0 unspecified atom stereocenters. The zero-order valence-corrected chi connectivity index (χ0v) is 10.3. The van der Waals surface area contributed by atoms with Gasteiger partial charge in [-0.1, -0.05) is 0 Å².